The second-order valence-electron chi connectivity index (χ2n) is 6.97. The molecule has 0 aliphatic carbocycles. The van der Waals surface area contributed by atoms with E-state index in [9.17, 15) is 4.79 Å². The Labute approximate surface area is 144 Å². The van der Waals surface area contributed by atoms with Gasteiger partial charge in [-0.2, -0.15) is 5.26 Å². The Bertz CT molecular complexity index is 599. The summed E-state index contributed by atoms with van der Waals surface area (Å²) in [6.45, 7) is 4.60. The van der Waals surface area contributed by atoms with Crippen LogP contribution in [0.5, 0.6) is 0 Å². The Balaban J connectivity index is 1.62. The van der Waals surface area contributed by atoms with Crippen LogP contribution in [0.25, 0.3) is 0 Å². The first kappa shape index (κ1) is 16.8. The summed E-state index contributed by atoms with van der Waals surface area (Å²) in [5.41, 5.74) is 0.601. The van der Waals surface area contributed by atoms with Gasteiger partial charge in [-0.25, -0.2) is 4.98 Å². The molecular formula is C19H26N4O. The van der Waals surface area contributed by atoms with Crippen LogP contribution in [-0.4, -0.2) is 41.5 Å². The Morgan fingerprint density at radius 2 is 1.96 bits per heavy atom. The highest BCUT2D eigenvalue weighted by Gasteiger charge is 2.32. The molecule has 1 aromatic rings. The first-order chi connectivity index (χ1) is 11.7. The van der Waals surface area contributed by atoms with Crippen LogP contribution in [-0.2, 0) is 4.79 Å². The number of likely N-dealkylation sites (tertiary alicyclic amines) is 1. The van der Waals surface area contributed by atoms with E-state index in [1.54, 1.807) is 13.1 Å². The van der Waals surface area contributed by atoms with Crippen molar-refractivity contribution in [2.45, 2.75) is 51.5 Å². The molecule has 0 bridgehead atoms. The molecule has 24 heavy (non-hydrogen) atoms. The first-order valence-corrected chi connectivity index (χ1v) is 9.07. The Kier molecular flexibility index (Phi) is 5.34. The average Bonchev–Trinajstić information content (AvgIpc) is 2.88. The van der Waals surface area contributed by atoms with Gasteiger partial charge in [-0.1, -0.05) is 12.8 Å². The van der Waals surface area contributed by atoms with Gasteiger partial charge in [0.25, 0.3) is 0 Å². The summed E-state index contributed by atoms with van der Waals surface area (Å²) in [6, 6.07) is 6.30. The Morgan fingerprint density at radius 1 is 1.17 bits per heavy atom. The highest BCUT2D eigenvalue weighted by Crippen LogP contribution is 2.31. The fourth-order valence-electron chi connectivity index (χ4n) is 4.17. The van der Waals surface area contributed by atoms with Crippen molar-refractivity contribution in [2.75, 3.05) is 24.5 Å². The number of aromatic nitrogens is 1. The van der Waals surface area contributed by atoms with Crippen molar-refractivity contribution in [1.82, 2.24) is 9.88 Å². The number of piperidine rings is 1. The number of pyridine rings is 1. The number of rotatable bonds is 2. The first-order valence-electron chi connectivity index (χ1n) is 9.07. The standard InChI is InChI=1S/C19H26N4O/c1-15(24)23-10-4-2-3-5-18(23)17-8-11-22(12-9-17)19-7-6-16(13-20)14-21-19/h6-7,14,17-18H,2-5,8-12H2,1H3. The minimum atomic E-state index is 0.234. The van der Waals surface area contributed by atoms with Gasteiger partial charge in [-0.15, -0.1) is 0 Å². The fourth-order valence-corrected chi connectivity index (χ4v) is 4.17. The molecule has 5 heteroatoms. The summed E-state index contributed by atoms with van der Waals surface area (Å²) in [5.74, 6) is 1.79. The van der Waals surface area contributed by atoms with Gasteiger partial charge < -0.3 is 9.80 Å². The number of nitriles is 1. The monoisotopic (exact) mass is 326 g/mol. The second-order valence-corrected chi connectivity index (χ2v) is 6.97. The van der Waals surface area contributed by atoms with Gasteiger partial charge in [0, 0.05) is 38.8 Å². The molecule has 2 aliphatic heterocycles. The zero-order valence-corrected chi connectivity index (χ0v) is 14.4. The molecule has 1 unspecified atom stereocenters. The number of anilines is 1. The number of hydrogen-bond acceptors (Lipinski definition) is 4. The lowest BCUT2D eigenvalue weighted by molar-refractivity contribution is -0.132. The van der Waals surface area contributed by atoms with E-state index >= 15 is 0 Å². The molecule has 0 spiro atoms. The van der Waals surface area contributed by atoms with Crippen molar-refractivity contribution in [1.29, 1.82) is 5.26 Å². The van der Waals surface area contributed by atoms with E-state index in [0.717, 1.165) is 51.1 Å². The zero-order chi connectivity index (χ0) is 16.9. The van der Waals surface area contributed by atoms with Crippen molar-refractivity contribution < 1.29 is 4.79 Å². The Hall–Kier alpha value is -2.09. The van der Waals surface area contributed by atoms with E-state index in [0.29, 0.717) is 17.5 Å². The van der Waals surface area contributed by atoms with E-state index in [2.05, 4.69) is 20.9 Å². The molecule has 2 saturated heterocycles. The van der Waals surface area contributed by atoms with Gasteiger partial charge in [0.15, 0.2) is 0 Å². The van der Waals surface area contributed by atoms with Gasteiger partial charge in [-0.05, 0) is 43.7 Å². The zero-order valence-electron chi connectivity index (χ0n) is 14.4. The van der Waals surface area contributed by atoms with Gasteiger partial charge in [0.1, 0.15) is 11.9 Å². The lowest BCUT2D eigenvalue weighted by Gasteiger charge is -2.40. The molecule has 0 radical (unpaired) electrons. The van der Waals surface area contributed by atoms with Crippen LogP contribution in [0.1, 0.15) is 51.0 Å². The fraction of sp³-hybridized carbons (Fsp3) is 0.632. The molecular weight excluding hydrogens is 300 g/mol. The summed E-state index contributed by atoms with van der Waals surface area (Å²) in [6.07, 6.45) is 8.64. The maximum absolute atomic E-state index is 12.0. The number of hydrogen-bond donors (Lipinski definition) is 0. The van der Waals surface area contributed by atoms with Crippen LogP contribution in [0.15, 0.2) is 18.3 Å². The van der Waals surface area contributed by atoms with E-state index < -0.39 is 0 Å². The van der Waals surface area contributed by atoms with Crippen molar-refractivity contribution >= 4 is 11.7 Å². The van der Waals surface area contributed by atoms with E-state index in [1.165, 1.54) is 12.8 Å². The number of nitrogens with zero attached hydrogens (tertiary/aromatic N) is 4. The molecule has 1 amide bonds. The maximum Gasteiger partial charge on any atom is 0.219 e. The summed E-state index contributed by atoms with van der Waals surface area (Å²) in [4.78, 5) is 20.9. The molecule has 128 valence electrons. The summed E-state index contributed by atoms with van der Waals surface area (Å²) >= 11 is 0. The molecule has 2 fully saturated rings. The molecule has 3 heterocycles. The summed E-state index contributed by atoms with van der Waals surface area (Å²) in [5, 5.41) is 8.87. The third kappa shape index (κ3) is 3.69. The van der Waals surface area contributed by atoms with E-state index in [1.807, 2.05) is 12.1 Å². The number of carbonyl (C=O) groups excluding carboxylic acids is 1. The minimum Gasteiger partial charge on any atom is -0.357 e. The largest absolute Gasteiger partial charge is 0.357 e. The number of amides is 1. The van der Waals surface area contributed by atoms with E-state index in [4.69, 9.17) is 5.26 Å². The predicted octanol–water partition coefficient (Wildman–Crippen LogP) is 2.96. The predicted molar refractivity (Wildman–Crippen MR) is 93.5 cm³/mol. The van der Waals surface area contributed by atoms with Crippen LogP contribution >= 0.6 is 0 Å². The maximum atomic E-state index is 12.0. The second kappa shape index (κ2) is 7.65. The van der Waals surface area contributed by atoms with Crippen LogP contribution in [0.3, 0.4) is 0 Å². The lowest BCUT2D eigenvalue weighted by atomic mass is 9.86. The van der Waals surface area contributed by atoms with Gasteiger partial charge in [-0.3, -0.25) is 4.79 Å². The van der Waals surface area contributed by atoms with Crippen LogP contribution < -0.4 is 4.90 Å². The molecule has 0 aromatic carbocycles. The van der Waals surface area contributed by atoms with Crippen molar-refractivity contribution in [3.8, 4) is 6.07 Å². The minimum absolute atomic E-state index is 0.234. The SMILES string of the molecule is CC(=O)N1CCCCCC1C1CCN(c2ccc(C#N)cn2)CC1. The molecule has 5 nitrogen and oxygen atoms in total. The third-order valence-electron chi connectivity index (χ3n) is 5.49. The Morgan fingerprint density at radius 3 is 2.58 bits per heavy atom. The van der Waals surface area contributed by atoms with Crippen LogP contribution in [0, 0.1) is 17.2 Å². The molecule has 3 rings (SSSR count). The quantitative estimate of drug-likeness (QED) is 0.838. The van der Waals surface area contributed by atoms with Crippen LogP contribution in [0.4, 0.5) is 5.82 Å². The van der Waals surface area contributed by atoms with E-state index in [-0.39, 0.29) is 5.91 Å². The van der Waals surface area contributed by atoms with Gasteiger partial charge in [0.05, 0.1) is 5.56 Å². The normalized spacial score (nSPS) is 22.8. The lowest BCUT2D eigenvalue weighted by Crippen LogP contribution is -2.47. The molecule has 0 N–H and O–H groups in total. The highest BCUT2D eigenvalue weighted by atomic mass is 16.2. The molecule has 2 aliphatic rings. The topological polar surface area (TPSA) is 60.2 Å². The highest BCUT2D eigenvalue weighted by molar-refractivity contribution is 5.73. The number of carbonyl (C=O) groups is 1. The van der Waals surface area contributed by atoms with Crippen molar-refractivity contribution in [3.05, 3.63) is 23.9 Å². The average molecular weight is 326 g/mol. The summed E-state index contributed by atoms with van der Waals surface area (Å²) < 4.78 is 0. The molecule has 1 aromatic heterocycles. The third-order valence-corrected chi connectivity index (χ3v) is 5.49. The smallest absolute Gasteiger partial charge is 0.219 e. The molecule has 1 atom stereocenters. The van der Waals surface area contributed by atoms with Crippen LogP contribution in [0.2, 0.25) is 0 Å². The van der Waals surface area contributed by atoms with Gasteiger partial charge >= 0.3 is 0 Å². The van der Waals surface area contributed by atoms with Gasteiger partial charge in [0.2, 0.25) is 5.91 Å². The summed E-state index contributed by atoms with van der Waals surface area (Å²) in [7, 11) is 0. The van der Waals surface area contributed by atoms with Crippen molar-refractivity contribution in [3.63, 3.8) is 0 Å². The van der Waals surface area contributed by atoms with Crippen molar-refractivity contribution in [2.24, 2.45) is 5.92 Å². The molecule has 0 saturated carbocycles.